The molecule has 2 aliphatic rings. The highest BCUT2D eigenvalue weighted by atomic mass is 16.5. The van der Waals surface area contributed by atoms with Crippen LogP contribution in [0.2, 0.25) is 0 Å². The molecule has 0 aromatic heterocycles. The van der Waals surface area contributed by atoms with Gasteiger partial charge in [0.05, 0.1) is 0 Å². The summed E-state index contributed by atoms with van der Waals surface area (Å²) in [4.78, 5) is 21.2. The molecule has 3 aromatic rings. The lowest BCUT2D eigenvalue weighted by Gasteiger charge is -2.33. The van der Waals surface area contributed by atoms with Gasteiger partial charge >= 0.3 is 0 Å². The van der Waals surface area contributed by atoms with Crippen LogP contribution in [0.3, 0.4) is 0 Å². The first-order valence-corrected chi connectivity index (χ1v) is 10.9. The van der Waals surface area contributed by atoms with Crippen LogP contribution in [-0.2, 0) is 22.5 Å². The van der Waals surface area contributed by atoms with Crippen molar-refractivity contribution in [2.45, 2.75) is 38.0 Å². The van der Waals surface area contributed by atoms with Gasteiger partial charge in [-0.2, -0.15) is 0 Å². The van der Waals surface area contributed by atoms with Crippen molar-refractivity contribution >= 4 is 11.8 Å². The number of rotatable bonds is 4. The molecule has 2 aliphatic heterocycles. The van der Waals surface area contributed by atoms with Crippen molar-refractivity contribution in [1.82, 2.24) is 4.90 Å². The van der Waals surface area contributed by atoms with Gasteiger partial charge in [-0.05, 0) is 35.2 Å². The van der Waals surface area contributed by atoms with Crippen LogP contribution in [0.4, 0.5) is 0 Å². The normalized spacial score (nSPS) is 22.6. The molecule has 4 nitrogen and oxygen atoms in total. The SMILES string of the molecule is CCCN1Cc2ccccc2C[C@@]2(N=C(c3ccccc3)O[C@H]2c2ccccc2)C1=O. The molecule has 1 spiro atoms. The molecule has 0 saturated carbocycles. The Morgan fingerprint density at radius 2 is 1.58 bits per heavy atom. The number of carbonyl (C=O) groups is 1. The molecule has 2 atom stereocenters. The average molecular weight is 411 g/mol. The van der Waals surface area contributed by atoms with E-state index in [2.05, 4.69) is 19.1 Å². The van der Waals surface area contributed by atoms with Crippen LogP contribution in [0.5, 0.6) is 0 Å². The topological polar surface area (TPSA) is 41.9 Å². The smallest absolute Gasteiger partial charge is 0.255 e. The predicted octanol–water partition coefficient (Wildman–Crippen LogP) is 4.94. The van der Waals surface area contributed by atoms with E-state index >= 15 is 0 Å². The van der Waals surface area contributed by atoms with Gasteiger partial charge in [0.15, 0.2) is 11.6 Å². The average Bonchev–Trinajstić information content (AvgIpc) is 3.16. The van der Waals surface area contributed by atoms with Crippen molar-refractivity contribution in [3.8, 4) is 0 Å². The summed E-state index contributed by atoms with van der Waals surface area (Å²) in [6.07, 6.45) is 0.954. The quantitative estimate of drug-likeness (QED) is 0.611. The molecule has 0 saturated heterocycles. The third kappa shape index (κ3) is 3.42. The Hall–Kier alpha value is -3.40. The van der Waals surface area contributed by atoms with Gasteiger partial charge in [-0.1, -0.05) is 79.7 Å². The molecule has 156 valence electrons. The van der Waals surface area contributed by atoms with Crippen LogP contribution in [0.1, 0.15) is 41.7 Å². The van der Waals surface area contributed by atoms with Crippen LogP contribution >= 0.6 is 0 Å². The summed E-state index contributed by atoms with van der Waals surface area (Å²) in [6, 6.07) is 28.2. The highest BCUT2D eigenvalue weighted by Crippen LogP contribution is 2.45. The highest BCUT2D eigenvalue weighted by Gasteiger charge is 2.55. The molecule has 5 rings (SSSR count). The first kappa shape index (κ1) is 19.6. The molecule has 0 bridgehead atoms. The summed E-state index contributed by atoms with van der Waals surface area (Å²) < 4.78 is 6.50. The van der Waals surface area contributed by atoms with Crippen molar-refractivity contribution in [2.24, 2.45) is 4.99 Å². The minimum atomic E-state index is -1.02. The molecule has 0 aliphatic carbocycles. The fourth-order valence-corrected chi connectivity index (χ4v) is 4.70. The fraction of sp³-hybridized carbons (Fsp3) is 0.259. The van der Waals surface area contributed by atoms with Gasteiger partial charge in [0.1, 0.15) is 0 Å². The summed E-state index contributed by atoms with van der Waals surface area (Å²) in [5.74, 6) is 0.587. The zero-order chi connectivity index (χ0) is 21.3. The molecule has 1 amide bonds. The number of fused-ring (bicyclic) bond motifs is 1. The molecule has 0 radical (unpaired) electrons. The molecule has 0 unspecified atom stereocenters. The monoisotopic (exact) mass is 410 g/mol. The van der Waals surface area contributed by atoms with Crippen molar-refractivity contribution in [1.29, 1.82) is 0 Å². The zero-order valence-corrected chi connectivity index (χ0v) is 17.7. The Balaban J connectivity index is 1.70. The second-order valence-electron chi connectivity index (χ2n) is 8.29. The van der Waals surface area contributed by atoms with Gasteiger partial charge in [0, 0.05) is 25.1 Å². The second-order valence-corrected chi connectivity index (χ2v) is 8.29. The summed E-state index contributed by atoms with van der Waals surface area (Å²) in [7, 11) is 0. The molecule has 4 heteroatoms. The molecule has 0 N–H and O–H groups in total. The zero-order valence-electron chi connectivity index (χ0n) is 17.7. The van der Waals surface area contributed by atoms with Gasteiger partial charge in [-0.3, -0.25) is 4.79 Å². The van der Waals surface area contributed by atoms with E-state index in [1.165, 1.54) is 5.56 Å². The molecular formula is C27H26N2O2. The van der Waals surface area contributed by atoms with E-state index in [4.69, 9.17) is 9.73 Å². The number of benzene rings is 3. The minimum absolute atomic E-state index is 0.0466. The number of aliphatic imine (C=N–C) groups is 1. The largest absolute Gasteiger partial charge is 0.466 e. The molecule has 2 heterocycles. The first-order valence-electron chi connectivity index (χ1n) is 10.9. The number of carbonyl (C=O) groups excluding carboxylic acids is 1. The lowest BCUT2D eigenvalue weighted by atomic mass is 9.82. The lowest BCUT2D eigenvalue weighted by Crippen LogP contribution is -2.50. The highest BCUT2D eigenvalue weighted by molar-refractivity contribution is 6.01. The maximum atomic E-state index is 14.1. The van der Waals surface area contributed by atoms with E-state index in [9.17, 15) is 4.79 Å². The molecular weight excluding hydrogens is 384 g/mol. The summed E-state index contributed by atoms with van der Waals surface area (Å²) in [5, 5.41) is 0. The maximum Gasteiger partial charge on any atom is 0.255 e. The van der Waals surface area contributed by atoms with Crippen molar-refractivity contribution < 1.29 is 9.53 Å². The van der Waals surface area contributed by atoms with E-state index in [1.807, 2.05) is 77.7 Å². The number of hydrogen-bond donors (Lipinski definition) is 0. The van der Waals surface area contributed by atoms with Crippen LogP contribution < -0.4 is 0 Å². The number of hydrogen-bond acceptors (Lipinski definition) is 3. The van der Waals surface area contributed by atoms with E-state index in [1.54, 1.807) is 0 Å². The summed E-state index contributed by atoms with van der Waals surface area (Å²) in [6.45, 7) is 3.42. The Labute approximate surface area is 183 Å². The van der Waals surface area contributed by atoms with Crippen LogP contribution in [0.15, 0.2) is 89.9 Å². The molecule has 3 aromatic carbocycles. The maximum absolute atomic E-state index is 14.1. The molecule has 31 heavy (non-hydrogen) atoms. The number of nitrogens with zero attached hydrogens (tertiary/aromatic N) is 2. The second kappa shape index (κ2) is 8.03. The van der Waals surface area contributed by atoms with E-state index in [-0.39, 0.29) is 5.91 Å². The third-order valence-corrected chi connectivity index (χ3v) is 6.18. The predicted molar refractivity (Wildman–Crippen MR) is 122 cm³/mol. The van der Waals surface area contributed by atoms with E-state index in [0.717, 1.165) is 23.1 Å². The van der Waals surface area contributed by atoms with Gasteiger partial charge in [-0.25, -0.2) is 4.99 Å². The Morgan fingerprint density at radius 1 is 0.935 bits per heavy atom. The first-order chi connectivity index (χ1) is 15.2. The fourth-order valence-electron chi connectivity index (χ4n) is 4.70. The Morgan fingerprint density at radius 3 is 2.29 bits per heavy atom. The Bertz CT molecular complexity index is 1110. The van der Waals surface area contributed by atoms with Crippen LogP contribution in [0.25, 0.3) is 0 Å². The van der Waals surface area contributed by atoms with Crippen molar-refractivity contribution in [3.63, 3.8) is 0 Å². The van der Waals surface area contributed by atoms with Gasteiger partial charge in [-0.15, -0.1) is 0 Å². The van der Waals surface area contributed by atoms with Gasteiger partial charge < -0.3 is 9.64 Å². The van der Waals surface area contributed by atoms with Crippen LogP contribution in [-0.4, -0.2) is 28.8 Å². The molecule has 0 fully saturated rings. The van der Waals surface area contributed by atoms with Crippen molar-refractivity contribution in [2.75, 3.05) is 6.54 Å². The number of ether oxygens (including phenoxy) is 1. The minimum Gasteiger partial charge on any atom is -0.466 e. The van der Waals surface area contributed by atoms with E-state index < -0.39 is 11.6 Å². The lowest BCUT2D eigenvalue weighted by molar-refractivity contribution is -0.140. The third-order valence-electron chi connectivity index (χ3n) is 6.18. The van der Waals surface area contributed by atoms with E-state index in [0.29, 0.717) is 25.4 Å². The number of amides is 1. The summed E-state index contributed by atoms with van der Waals surface area (Å²) >= 11 is 0. The standard InChI is InChI=1S/C27H26N2O2/c1-2-17-29-19-23-16-10-9-15-22(23)18-27(26(29)30)24(20-11-5-3-6-12-20)31-25(28-27)21-13-7-4-8-14-21/h3-16,24H,2,17-19H2,1H3/t24-,27-/m0/s1. The van der Waals surface area contributed by atoms with Gasteiger partial charge in [0.25, 0.3) is 5.91 Å². The van der Waals surface area contributed by atoms with Crippen molar-refractivity contribution in [3.05, 3.63) is 107 Å². The van der Waals surface area contributed by atoms with Crippen LogP contribution in [0, 0.1) is 0 Å². The summed E-state index contributed by atoms with van der Waals surface area (Å²) in [5.41, 5.74) is 3.20. The Kier molecular flexibility index (Phi) is 5.06. The van der Waals surface area contributed by atoms with Gasteiger partial charge in [0.2, 0.25) is 5.90 Å².